The zero-order chi connectivity index (χ0) is 25.9. The number of hydrogen-bond donors (Lipinski definition) is 3. The molecule has 1 fully saturated rings. The van der Waals surface area contributed by atoms with E-state index in [1.807, 2.05) is 31.0 Å². The van der Waals surface area contributed by atoms with E-state index in [0.717, 1.165) is 16.7 Å². The Morgan fingerprint density at radius 2 is 1.81 bits per heavy atom. The van der Waals surface area contributed by atoms with Crippen LogP contribution in [-0.2, 0) is 16.8 Å². The molecule has 0 spiro atoms. The van der Waals surface area contributed by atoms with Gasteiger partial charge >= 0.3 is 0 Å². The van der Waals surface area contributed by atoms with E-state index in [1.54, 1.807) is 47.3 Å². The van der Waals surface area contributed by atoms with Crippen LogP contribution in [0.5, 0.6) is 11.5 Å². The molecule has 0 radical (unpaired) electrons. The highest BCUT2D eigenvalue weighted by Gasteiger charge is 2.26. The Morgan fingerprint density at radius 1 is 1.11 bits per heavy atom. The molecule has 1 aliphatic heterocycles. The highest BCUT2D eigenvalue weighted by atomic mass is 16.5. The lowest BCUT2D eigenvalue weighted by Gasteiger charge is -2.32. The van der Waals surface area contributed by atoms with Crippen LogP contribution < -0.4 is 10.5 Å². The minimum absolute atomic E-state index is 0.0336. The van der Waals surface area contributed by atoms with Crippen molar-refractivity contribution >= 4 is 11.8 Å². The molecule has 4 N–H and O–H groups in total. The van der Waals surface area contributed by atoms with Gasteiger partial charge in [0.05, 0.1) is 30.3 Å². The zero-order valence-corrected chi connectivity index (χ0v) is 20.6. The van der Waals surface area contributed by atoms with E-state index in [2.05, 4.69) is 5.10 Å². The Labute approximate surface area is 210 Å². The first kappa shape index (κ1) is 25.2. The SMILES string of the molecule is CC(C)(CO)n1cc(-c2ccc(OC3CCN(C(=O)Cc4ccc(O)cc4)CC3)c(C(N)=O)c2)cn1. The Kier molecular flexibility index (Phi) is 7.30. The number of aliphatic hydroxyl groups is 1. The van der Waals surface area contributed by atoms with Crippen LogP contribution >= 0.6 is 0 Å². The number of carbonyl (C=O) groups excluding carboxylic acids is 2. The second-order valence-electron chi connectivity index (χ2n) is 9.76. The normalized spacial score (nSPS) is 14.6. The molecule has 2 aromatic carbocycles. The molecule has 9 heteroatoms. The summed E-state index contributed by atoms with van der Waals surface area (Å²) in [6, 6.07) is 11.9. The van der Waals surface area contributed by atoms with E-state index >= 15 is 0 Å². The van der Waals surface area contributed by atoms with E-state index in [0.29, 0.717) is 31.7 Å². The minimum Gasteiger partial charge on any atom is -0.508 e. The van der Waals surface area contributed by atoms with Crippen molar-refractivity contribution in [1.29, 1.82) is 0 Å². The molecule has 2 heterocycles. The molecule has 0 atom stereocenters. The molecule has 1 aromatic heterocycles. The van der Waals surface area contributed by atoms with Crippen LogP contribution in [0.3, 0.4) is 0 Å². The van der Waals surface area contributed by atoms with Gasteiger partial charge in [0.2, 0.25) is 5.91 Å². The maximum absolute atomic E-state index is 12.7. The average Bonchev–Trinajstić information content (AvgIpc) is 3.37. The molecule has 0 bridgehead atoms. The van der Waals surface area contributed by atoms with Gasteiger partial charge in [0, 0.05) is 37.7 Å². The number of rotatable bonds is 8. The molecule has 3 aromatic rings. The lowest BCUT2D eigenvalue weighted by atomic mass is 10.0. The monoisotopic (exact) mass is 492 g/mol. The second kappa shape index (κ2) is 10.4. The molecule has 36 heavy (non-hydrogen) atoms. The summed E-state index contributed by atoms with van der Waals surface area (Å²) in [5, 5.41) is 23.3. The van der Waals surface area contributed by atoms with Gasteiger partial charge in [0.1, 0.15) is 17.6 Å². The lowest BCUT2D eigenvalue weighted by Crippen LogP contribution is -2.42. The van der Waals surface area contributed by atoms with Crippen molar-refractivity contribution < 1.29 is 24.5 Å². The highest BCUT2D eigenvalue weighted by molar-refractivity contribution is 5.97. The summed E-state index contributed by atoms with van der Waals surface area (Å²) in [7, 11) is 0. The molecular weight excluding hydrogens is 460 g/mol. The summed E-state index contributed by atoms with van der Waals surface area (Å²) < 4.78 is 7.84. The second-order valence-corrected chi connectivity index (χ2v) is 9.76. The molecule has 0 aliphatic carbocycles. The topological polar surface area (TPSA) is 131 Å². The fraction of sp³-hybridized carbons (Fsp3) is 0.370. The standard InChI is InChI=1S/C27H32N4O5/c1-27(2,17-32)31-16-20(15-29-31)19-5-8-24(23(14-19)26(28)35)36-22-9-11-30(12-10-22)25(34)13-18-3-6-21(33)7-4-18/h3-8,14-16,22,32-33H,9-13,17H2,1-2H3,(H2,28,35). The number of amides is 2. The van der Waals surface area contributed by atoms with E-state index in [4.69, 9.17) is 10.5 Å². The molecule has 0 unspecified atom stereocenters. The number of phenols is 1. The summed E-state index contributed by atoms with van der Waals surface area (Å²) >= 11 is 0. The van der Waals surface area contributed by atoms with Crippen molar-refractivity contribution in [3.8, 4) is 22.6 Å². The number of nitrogens with zero attached hydrogens (tertiary/aromatic N) is 3. The lowest BCUT2D eigenvalue weighted by molar-refractivity contribution is -0.132. The van der Waals surface area contributed by atoms with Gasteiger partial charge in [0.15, 0.2) is 0 Å². The number of benzene rings is 2. The summed E-state index contributed by atoms with van der Waals surface area (Å²) in [6.45, 7) is 4.81. The fourth-order valence-corrected chi connectivity index (χ4v) is 4.18. The summed E-state index contributed by atoms with van der Waals surface area (Å²) in [5.41, 5.74) is 7.82. The van der Waals surface area contributed by atoms with Gasteiger partial charge in [-0.3, -0.25) is 14.3 Å². The molecule has 1 saturated heterocycles. The molecule has 4 rings (SSSR count). The van der Waals surface area contributed by atoms with Crippen molar-refractivity contribution in [3.63, 3.8) is 0 Å². The van der Waals surface area contributed by atoms with Crippen molar-refractivity contribution in [3.05, 3.63) is 66.0 Å². The van der Waals surface area contributed by atoms with Crippen LogP contribution in [0.2, 0.25) is 0 Å². The third-order valence-electron chi connectivity index (χ3n) is 6.55. The number of piperidine rings is 1. The Hall–Kier alpha value is -3.85. The number of carbonyl (C=O) groups is 2. The number of likely N-dealkylation sites (tertiary alicyclic amines) is 1. The Bertz CT molecular complexity index is 1230. The van der Waals surface area contributed by atoms with E-state index in [1.165, 1.54) is 0 Å². The molecule has 1 aliphatic rings. The number of hydrogen-bond acceptors (Lipinski definition) is 6. The van der Waals surface area contributed by atoms with E-state index in [-0.39, 0.29) is 36.4 Å². The van der Waals surface area contributed by atoms with Crippen molar-refractivity contribution in [1.82, 2.24) is 14.7 Å². The maximum atomic E-state index is 12.7. The molecule has 0 saturated carbocycles. The molecular formula is C27H32N4O5. The van der Waals surface area contributed by atoms with Crippen LogP contribution in [0, 0.1) is 0 Å². The molecule has 2 amide bonds. The third kappa shape index (κ3) is 5.68. The minimum atomic E-state index is -0.587. The average molecular weight is 493 g/mol. The van der Waals surface area contributed by atoms with E-state index in [9.17, 15) is 19.8 Å². The van der Waals surface area contributed by atoms with Gasteiger partial charge in [-0.15, -0.1) is 0 Å². The van der Waals surface area contributed by atoms with Gasteiger partial charge in [-0.25, -0.2) is 0 Å². The first-order valence-corrected chi connectivity index (χ1v) is 12.0. The number of nitrogens with two attached hydrogens (primary N) is 1. The van der Waals surface area contributed by atoms with Crippen LogP contribution in [-0.4, -0.2) is 62.5 Å². The van der Waals surface area contributed by atoms with Crippen molar-refractivity contribution in [2.45, 2.75) is 44.8 Å². The predicted molar refractivity (Wildman–Crippen MR) is 135 cm³/mol. The number of aromatic hydroxyl groups is 1. The van der Waals surface area contributed by atoms with Crippen molar-refractivity contribution in [2.75, 3.05) is 19.7 Å². The number of primary amides is 1. The summed E-state index contributed by atoms with van der Waals surface area (Å²) in [4.78, 5) is 26.7. The molecule has 9 nitrogen and oxygen atoms in total. The molecule has 190 valence electrons. The van der Waals surface area contributed by atoms with Crippen LogP contribution in [0.1, 0.15) is 42.6 Å². The first-order valence-electron chi connectivity index (χ1n) is 12.0. The predicted octanol–water partition coefficient (Wildman–Crippen LogP) is 2.69. The number of aromatic nitrogens is 2. The Morgan fingerprint density at radius 3 is 2.44 bits per heavy atom. The number of aliphatic hydroxyl groups excluding tert-OH is 1. The van der Waals surface area contributed by atoms with Crippen LogP contribution in [0.25, 0.3) is 11.1 Å². The largest absolute Gasteiger partial charge is 0.508 e. The van der Waals surface area contributed by atoms with Crippen LogP contribution in [0.4, 0.5) is 0 Å². The zero-order valence-electron chi connectivity index (χ0n) is 20.6. The first-order chi connectivity index (χ1) is 17.2. The third-order valence-corrected chi connectivity index (χ3v) is 6.55. The quantitative estimate of drug-likeness (QED) is 0.443. The highest BCUT2D eigenvalue weighted by Crippen LogP contribution is 2.30. The summed E-state index contributed by atoms with van der Waals surface area (Å²) in [6.07, 6.45) is 4.93. The smallest absolute Gasteiger partial charge is 0.252 e. The maximum Gasteiger partial charge on any atom is 0.252 e. The van der Waals surface area contributed by atoms with Gasteiger partial charge in [-0.2, -0.15) is 5.10 Å². The van der Waals surface area contributed by atoms with Crippen molar-refractivity contribution in [2.24, 2.45) is 5.73 Å². The van der Waals surface area contributed by atoms with Crippen LogP contribution in [0.15, 0.2) is 54.9 Å². The Balaban J connectivity index is 1.40. The summed E-state index contributed by atoms with van der Waals surface area (Å²) in [5.74, 6) is 0.0409. The van der Waals surface area contributed by atoms with Gasteiger partial charge in [-0.05, 0) is 49.2 Å². The van der Waals surface area contributed by atoms with Gasteiger partial charge < -0.3 is 25.6 Å². The van der Waals surface area contributed by atoms with Gasteiger partial charge in [0.25, 0.3) is 5.91 Å². The number of phenolic OH excluding ortho intramolecular Hbond substituents is 1. The van der Waals surface area contributed by atoms with Gasteiger partial charge in [-0.1, -0.05) is 18.2 Å². The van der Waals surface area contributed by atoms with E-state index < -0.39 is 11.4 Å². The number of ether oxygens (including phenoxy) is 1. The fourth-order valence-electron chi connectivity index (χ4n) is 4.18.